The Kier molecular flexibility index (Phi) is 7.04. The van der Waals surface area contributed by atoms with Gasteiger partial charge in [0.15, 0.2) is 0 Å². The fraction of sp³-hybridized carbons (Fsp3) is 0.357. The molecular weight excluding hydrogens is 459 g/mol. The number of hydrogen-bond acceptors (Lipinski definition) is 5. The Morgan fingerprint density at radius 3 is 2.69 bits per heavy atom. The Balaban J connectivity index is 1.32. The zero-order valence-corrected chi connectivity index (χ0v) is 20.7. The highest BCUT2D eigenvalue weighted by molar-refractivity contribution is 5.98. The molecule has 7 nitrogen and oxygen atoms in total. The van der Waals surface area contributed by atoms with Gasteiger partial charge in [-0.3, -0.25) is 4.79 Å². The second-order valence-electron chi connectivity index (χ2n) is 9.23. The van der Waals surface area contributed by atoms with Crippen LogP contribution in [-0.4, -0.2) is 60.3 Å². The van der Waals surface area contributed by atoms with E-state index in [9.17, 15) is 9.18 Å². The highest BCUT2D eigenvalue weighted by atomic mass is 19.1. The second-order valence-corrected chi connectivity index (χ2v) is 9.23. The van der Waals surface area contributed by atoms with Crippen molar-refractivity contribution < 1.29 is 18.7 Å². The smallest absolute Gasteiger partial charge is 0.250 e. The van der Waals surface area contributed by atoms with Crippen LogP contribution in [0.1, 0.15) is 29.7 Å². The number of morpholine rings is 1. The lowest BCUT2D eigenvalue weighted by molar-refractivity contribution is -0.129. The van der Waals surface area contributed by atoms with Crippen molar-refractivity contribution in [2.24, 2.45) is 0 Å². The highest BCUT2D eigenvalue weighted by Crippen LogP contribution is 2.28. The summed E-state index contributed by atoms with van der Waals surface area (Å²) < 4.78 is 27.9. The van der Waals surface area contributed by atoms with E-state index in [2.05, 4.69) is 9.88 Å². The number of carbonyl (C=O) groups excluding carboxylic acids is 1. The average Bonchev–Trinajstić information content (AvgIpc) is 3.33. The van der Waals surface area contributed by atoms with Crippen LogP contribution in [0, 0.1) is 12.7 Å². The van der Waals surface area contributed by atoms with Crippen LogP contribution < -0.4 is 9.64 Å². The molecule has 0 bridgehead atoms. The zero-order valence-electron chi connectivity index (χ0n) is 20.7. The van der Waals surface area contributed by atoms with Gasteiger partial charge in [0.05, 0.1) is 38.0 Å². The van der Waals surface area contributed by atoms with Gasteiger partial charge < -0.3 is 23.8 Å². The molecule has 188 valence electrons. The van der Waals surface area contributed by atoms with E-state index in [1.807, 2.05) is 48.0 Å². The predicted octanol–water partition coefficient (Wildman–Crippen LogP) is 4.37. The van der Waals surface area contributed by atoms with Crippen LogP contribution in [0.25, 0.3) is 11.8 Å². The minimum absolute atomic E-state index is 0.0498. The third kappa shape index (κ3) is 5.14. The fourth-order valence-electron chi connectivity index (χ4n) is 4.80. The first-order chi connectivity index (χ1) is 17.5. The van der Waals surface area contributed by atoms with Crippen molar-refractivity contribution in [3.8, 4) is 11.4 Å². The fourth-order valence-corrected chi connectivity index (χ4v) is 4.80. The number of likely N-dealkylation sites (tertiary alicyclic amines) is 1. The number of piperidine rings is 1. The van der Waals surface area contributed by atoms with Gasteiger partial charge in [0, 0.05) is 49.2 Å². The Morgan fingerprint density at radius 1 is 1.14 bits per heavy atom. The third-order valence-corrected chi connectivity index (χ3v) is 6.74. The SMILES string of the molecule is COc1cc(/C=C2\CCCN(Cc3ccc(N4CCOCC4)cc3F)C2=O)ccc1-n1cnc(C)c1. The van der Waals surface area contributed by atoms with E-state index in [1.165, 1.54) is 0 Å². The van der Waals surface area contributed by atoms with E-state index in [1.54, 1.807) is 30.5 Å². The summed E-state index contributed by atoms with van der Waals surface area (Å²) in [5.74, 6) is 0.369. The van der Waals surface area contributed by atoms with Gasteiger partial charge >= 0.3 is 0 Å². The van der Waals surface area contributed by atoms with E-state index in [0.717, 1.165) is 47.7 Å². The number of anilines is 1. The molecule has 8 heteroatoms. The number of nitrogens with zero attached hydrogens (tertiary/aromatic N) is 4. The molecule has 3 heterocycles. The number of halogens is 1. The number of imidazole rings is 1. The van der Waals surface area contributed by atoms with E-state index < -0.39 is 0 Å². The van der Waals surface area contributed by atoms with Crippen LogP contribution in [-0.2, 0) is 16.1 Å². The van der Waals surface area contributed by atoms with Gasteiger partial charge in [-0.1, -0.05) is 12.1 Å². The highest BCUT2D eigenvalue weighted by Gasteiger charge is 2.24. The van der Waals surface area contributed by atoms with Crippen molar-refractivity contribution in [1.82, 2.24) is 14.5 Å². The van der Waals surface area contributed by atoms with Crippen molar-refractivity contribution in [3.05, 3.63) is 77.1 Å². The van der Waals surface area contributed by atoms with Crippen LogP contribution in [0.15, 0.2) is 54.5 Å². The maximum atomic E-state index is 15.0. The lowest BCUT2D eigenvalue weighted by Crippen LogP contribution is -2.37. The summed E-state index contributed by atoms with van der Waals surface area (Å²) in [6, 6.07) is 11.2. The third-order valence-electron chi connectivity index (χ3n) is 6.74. The zero-order chi connectivity index (χ0) is 25.1. The van der Waals surface area contributed by atoms with Crippen molar-refractivity contribution >= 4 is 17.7 Å². The molecule has 0 radical (unpaired) electrons. The summed E-state index contributed by atoms with van der Waals surface area (Å²) in [5, 5.41) is 0. The Morgan fingerprint density at radius 2 is 1.97 bits per heavy atom. The maximum Gasteiger partial charge on any atom is 0.250 e. The summed E-state index contributed by atoms with van der Waals surface area (Å²) in [5.41, 5.74) is 4.80. The predicted molar refractivity (Wildman–Crippen MR) is 137 cm³/mol. The van der Waals surface area contributed by atoms with Crippen molar-refractivity contribution in [2.75, 3.05) is 44.9 Å². The molecular formula is C28H31FN4O3. The van der Waals surface area contributed by atoms with Gasteiger partial charge in [0.2, 0.25) is 5.91 Å². The molecule has 2 aliphatic rings. The minimum Gasteiger partial charge on any atom is -0.495 e. The van der Waals surface area contributed by atoms with Gasteiger partial charge in [-0.15, -0.1) is 0 Å². The number of methoxy groups -OCH3 is 1. The normalized spacial score (nSPS) is 17.6. The van der Waals surface area contributed by atoms with Crippen LogP contribution in [0.3, 0.4) is 0 Å². The first-order valence-electron chi connectivity index (χ1n) is 12.3. The molecule has 2 aromatic carbocycles. The van der Waals surface area contributed by atoms with Crippen LogP contribution in [0.5, 0.6) is 5.75 Å². The maximum absolute atomic E-state index is 15.0. The van der Waals surface area contributed by atoms with Crippen molar-refractivity contribution in [2.45, 2.75) is 26.3 Å². The van der Waals surface area contributed by atoms with E-state index in [-0.39, 0.29) is 18.3 Å². The summed E-state index contributed by atoms with van der Waals surface area (Å²) in [6.07, 6.45) is 7.14. The molecule has 3 aromatic rings. The standard InChI is InChI=1S/C28H31FN4O3/c1-20-17-33(19-30-20)26-8-5-21(15-27(26)35-2)14-22-4-3-9-32(28(22)34)18-23-6-7-24(16-25(23)29)31-10-12-36-13-11-31/h5-8,14-17,19H,3-4,9-13,18H2,1-2H3/b22-14+. The number of amides is 1. The first-order valence-corrected chi connectivity index (χ1v) is 12.3. The number of hydrogen-bond donors (Lipinski definition) is 0. The summed E-state index contributed by atoms with van der Waals surface area (Å²) in [4.78, 5) is 21.4. The lowest BCUT2D eigenvalue weighted by atomic mass is 9.99. The molecule has 5 rings (SSSR count). The molecule has 0 atom stereocenters. The van der Waals surface area contributed by atoms with Crippen LogP contribution in [0.2, 0.25) is 0 Å². The molecule has 0 spiro atoms. The van der Waals surface area contributed by atoms with Gasteiger partial charge in [-0.2, -0.15) is 0 Å². The monoisotopic (exact) mass is 490 g/mol. The Hall–Kier alpha value is -3.65. The van der Waals surface area contributed by atoms with E-state index in [4.69, 9.17) is 9.47 Å². The van der Waals surface area contributed by atoms with Gasteiger partial charge in [-0.05, 0) is 55.7 Å². The van der Waals surface area contributed by atoms with Crippen LogP contribution in [0.4, 0.5) is 10.1 Å². The van der Waals surface area contributed by atoms with Gasteiger partial charge in [0.1, 0.15) is 11.6 Å². The molecule has 2 saturated heterocycles. The Labute approximate surface area is 210 Å². The van der Waals surface area contributed by atoms with Crippen LogP contribution >= 0.6 is 0 Å². The van der Waals surface area contributed by atoms with E-state index in [0.29, 0.717) is 37.5 Å². The summed E-state index contributed by atoms with van der Waals surface area (Å²) >= 11 is 0. The summed E-state index contributed by atoms with van der Waals surface area (Å²) in [6.45, 7) is 5.62. The molecule has 0 aliphatic carbocycles. The topological polar surface area (TPSA) is 59.8 Å². The summed E-state index contributed by atoms with van der Waals surface area (Å²) in [7, 11) is 1.63. The first kappa shape index (κ1) is 24.1. The molecule has 1 amide bonds. The number of benzene rings is 2. The number of aryl methyl sites for hydroxylation is 1. The Bertz CT molecular complexity index is 1280. The molecule has 36 heavy (non-hydrogen) atoms. The molecule has 2 fully saturated rings. The second kappa shape index (κ2) is 10.5. The van der Waals surface area contributed by atoms with Crippen molar-refractivity contribution in [1.29, 1.82) is 0 Å². The average molecular weight is 491 g/mol. The van der Waals surface area contributed by atoms with Crippen molar-refractivity contribution in [3.63, 3.8) is 0 Å². The number of aromatic nitrogens is 2. The van der Waals surface area contributed by atoms with E-state index >= 15 is 0 Å². The molecule has 0 saturated carbocycles. The number of rotatable bonds is 6. The van der Waals surface area contributed by atoms with Gasteiger partial charge in [0.25, 0.3) is 0 Å². The molecule has 0 N–H and O–H groups in total. The molecule has 0 unspecified atom stereocenters. The molecule has 2 aliphatic heterocycles. The minimum atomic E-state index is -0.280. The molecule has 1 aromatic heterocycles. The quantitative estimate of drug-likeness (QED) is 0.481. The number of ether oxygens (including phenoxy) is 2. The largest absolute Gasteiger partial charge is 0.495 e. The van der Waals surface area contributed by atoms with Gasteiger partial charge in [-0.25, -0.2) is 9.37 Å². The lowest BCUT2D eigenvalue weighted by Gasteiger charge is -2.30. The number of carbonyl (C=O) groups is 1.